The number of aromatic nitrogens is 1. The molecule has 0 saturated heterocycles. The van der Waals surface area contributed by atoms with Crippen LogP contribution in [0.2, 0.25) is 0 Å². The largest absolute Gasteiger partial charge is 0.481 e. The smallest absolute Gasteiger partial charge is 0.303 e. The Labute approximate surface area is 139 Å². The number of carboxylic acids is 1. The summed E-state index contributed by atoms with van der Waals surface area (Å²) in [5.74, 6) is -1.06. The maximum absolute atomic E-state index is 12.2. The van der Waals surface area contributed by atoms with Gasteiger partial charge in [0.15, 0.2) is 0 Å². The summed E-state index contributed by atoms with van der Waals surface area (Å²) in [6, 6.07) is 7.18. The van der Waals surface area contributed by atoms with Crippen LogP contribution in [0.1, 0.15) is 48.3 Å². The second-order valence-electron chi connectivity index (χ2n) is 6.33. The molecule has 0 aliphatic rings. The minimum absolute atomic E-state index is 0.0744. The monoisotopic (exact) mass is 332 g/mol. The van der Waals surface area contributed by atoms with E-state index in [9.17, 15) is 9.59 Å². The topological polar surface area (TPSA) is 79.3 Å². The van der Waals surface area contributed by atoms with E-state index < -0.39 is 5.97 Å². The van der Waals surface area contributed by atoms with Crippen molar-refractivity contribution < 1.29 is 14.7 Å². The van der Waals surface area contributed by atoms with Crippen molar-refractivity contribution in [3.05, 3.63) is 45.9 Å². The van der Waals surface area contributed by atoms with Crippen LogP contribution < -0.4 is 5.32 Å². The number of benzene rings is 1. The number of aliphatic carboxylic acids is 1. The number of carboxylic acid groups (broad SMARTS) is 1. The van der Waals surface area contributed by atoms with Crippen molar-refractivity contribution in [2.24, 2.45) is 0 Å². The van der Waals surface area contributed by atoms with E-state index in [0.717, 1.165) is 10.6 Å². The van der Waals surface area contributed by atoms with Gasteiger partial charge in [-0.1, -0.05) is 32.9 Å². The molecule has 0 bridgehead atoms. The van der Waals surface area contributed by atoms with Crippen molar-refractivity contribution in [2.75, 3.05) is 5.32 Å². The van der Waals surface area contributed by atoms with Crippen LogP contribution in [0.5, 0.6) is 0 Å². The highest BCUT2D eigenvalue weighted by Gasteiger charge is 2.20. The average molecular weight is 332 g/mol. The number of anilines is 1. The van der Waals surface area contributed by atoms with Crippen molar-refractivity contribution >= 4 is 28.9 Å². The van der Waals surface area contributed by atoms with Gasteiger partial charge in [-0.15, -0.1) is 11.3 Å². The zero-order valence-corrected chi connectivity index (χ0v) is 14.2. The van der Waals surface area contributed by atoms with E-state index in [4.69, 9.17) is 5.11 Å². The van der Waals surface area contributed by atoms with Gasteiger partial charge in [-0.3, -0.25) is 9.59 Å². The Morgan fingerprint density at radius 3 is 2.39 bits per heavy atom. The van der Waals surface area contributed by atoms with Gasteiger partial charge in [0, 0.05) is 22.9 Å². The van der Waals surface area contributed by atoms with E-state index in [1.807, 2.05) is 12.1 Å². The molecule has 1 heterocycles. The minimum Gasteiger partial charge on any atom is -0.481 e. The first-order valence-electron chi connectivity index (χ1n) is 7.34. The second kappa shape index (κ2) is 6.91. The molecule has 0 fully saturated rings. The maximum Gasteiger partial charge on any atom is 0.303 e. The summed E-state index contributed by atoms with van der Waals surface area (Å²) in [5, 5.41) is 14.2. The Balaban J connectivity index is 2.00. The fraction of sp³-hybridized carbons (Fsp3) is 0.353. The number of nitrogens with zero attached hydrogens (tertiary/aromatic N) is 1. The first kappa shape index (κ1) is 17.1. The Morgan fingerprint density at radius 2 is 1.87 bits per heavy atom. The number of rotatable bonds is 5. The highest BCUT2D eigenvalue weighted by atomic mass is 32.1. The SMILES string of the molecule is CC(C)(C)c1nc(C(=O)Nc2ccc(CCC(=O)O)cc2)cs1. The number of aryl methyl sites for hydroxylation is 1. The number of hydrogen-bond acceptors (Lipinski definition) is 4. The number of thiazole rings is 1. The zero-order valence-electron chi connectivity index (χ0n) is 13.4. The maximum atomic E-state index is 12.2. The summed E-state index contributed by atoms with van der Waals surface area (Å²) in [5.41, 5.74) is 1.93. The van der Waals surface area contributed by atoms with E-state index in [1.165, 1.54) is 11.3 Å². The van der Waals surface area contributed by atoms with Gasteiger partial charge >= 0.3 is 5.97 Å². The van der Waals surface area contributed by atoms with Crippen LogP contribution in [0.15, 0.2) is 29.6 Å². The number of carbonyl (C=O) groups excluding carboxylic acids is 1. The standard InChI is InChI=1S/C17H20N2O3S/c1-17(2,3)16-19-13(10-23-16)15(22)18-12-7-4-11(5-8-12)6-9-14(20)21/h4-5,7-8,10H,6,9H2,1-3H3,(H,18,22)(H,20,21). The van der Waals surface area contributed by atoms with E-state index >= 15 is 0 Å². The predicted octanol–water partition coefficient (Wildman–Crippen LogP) is 3.71. The van der Waals surface area contributed by atoms with Crippen molar-refractivity contribution in [1.82, 2.24) is 4.98 Å². The number of nitrogens with one attached hydrogen (secondary N) is 1. The predicted molar refractivity (Wildman–Crippen MR) is 91.2 cm³/mol. The van der Waals surface area contributed by atoms with Crippen LogP contribution in [-0.4, -0.2) is 22.0 Å². The highest BCUT2D eigenvalue weighted by Crippen LogP contribution is 2.25. The minimum atomic E-state index is -0.819. The molecule has 0 unspecified atom stereocenters. The number of amides is 1. The molecule has 0 aliphatic carbocycles. The molecule has 2 rings (SSSR count). The summed E-state index contributed by atoms with van der Waals surface area (Å²) in [6.07, 6.45) is 0.574. The van der Waals surface area contributed by atoms with Crippen LogP contribution in [0.25, 0.3) is 0 Å². The zero-order chi connectivity index (χ0) is 17.0. The molecule has 2 aromatic rings. The molecule has 6 heteroatoms. The van der Waals surface area contributed by atoms with Gasteiger partial charge in [-0.2, -0.15) is 0 Å². The molecular weight excluding hydrogens is 312 g/mol. The molecular formula is C17H20N2O3S. The third-order valence-corrected chi connectivity index (χ3v) is 4.49. The molecule has 1 aromatic heterocycles. The van der Waals surface area contributed by atoms with Gasteiger partial charge in [0.1, 0.15) is 5.69 Å². The fourth-order valence-electron chi connectivity index (χ4n) is 1.92. The summed E-state index contributed by atoms with van der Waals surface area (Å²) in [6.45, 7) is 6.18. The van der Waals surface area contributed by atoms with Crippen LogP contribution in [0, 0.1) is 0 Å². The molecule has 5 nitrogen and oxygen atoms in total. The summed E-state index contributed by atoms with van der Waals surface area (Å²) in [7, 11) is 0. The highest BCUT2D eigenvalue weighted by molar-refractivity contribution is 7.10. The van der Waals surface area contributed by atoms with Crippen molar-refractivity contribution in [3.63, 3.8) is 0 Å². The summed E-state index contributed by atoms with van der Waals surface area (Å²) >= 11 is 1.48. The lowest BCUT2D eigenvalue weighted by Crippen LogP contribution is -2.15. The Morgan fingerprint density at radius 1 is 1.22 bits per heavy atom. The summed E-state index contributed by atoms with van der Waals surface area (Å²) < 4.78 is 0. The first-order chi connectivity index (χ1) is 10.8. The Kier molecular flexibility index (Phi) is 5.15. The summed E-state index contributed by atoms with van der Waals surface area (Å²) in [4.78, 5) is 27.1. The molecule has 23 heavy (non-hydrogen) atoms. The lowest BCUT2D eigenvalue weighted by molar-refractivity contribution is -0.136. The van der Waals surface area contributed by atoms with Gasteiger partial charge in [0.2, 0.25) is 0 Å². The van der Waals surface area contributed by atoms with E-state index in [2.05, 4.69) is 31.1 Å². The van der Waals surface area contributed by atoms with Crippen molar-refractivity contribution in [3.8, 4) is 0 Å². The molecule has 1 amide bonds. The third-order valence-electron chi connectivity index (χ3n) is 3.22. The molecule has 0 saturated carbocycles. The van der Waals surface area contributed by atoms with Crippen LogP contribution >= 0.6 is 11.3 Å². The van der Waals surface area contributed by atoms with Crippen molar-refractivity contribution in [1.29, 1.82) is 0 Å². The van der Waals surface area contributed by atoms with Gasteiger partial charge in [0.05, 0.1) is 5.01 Å². The van der Waals surface area contributed by atoms with Crippen LogP contribution in [0.3, 0.4) is 0 Å². The normalized spacial score (nSPS) is 11.3. The molecule has 0 atom stereocenters. The number of hydrogen-bond donors (Lipinski definition) is 2. The van der Waals surface area contributed by atoms with Crippen LogP contribution in [-0.2, 0) is 16.6 Å². The first-order valence-corrected chi connectivity index (χ1v) is 8.22. The molecule has 0 spiro atoms. The number of carbonyl (C=O) groups is 2. The molecule has 0 radical (unpaired) electrons. The van der Waals surface area contributed by atoms with Gasteiger partial charge in [-0.25, -0.2) is 4.98 Å². The van der Waals surface area contributed by atoms with Gasteiger partial charge in [0.25, 0.3) is 5.91 Å². The van der Waals surface area contributed by atoms with Gasteiger partial charge in [-0.05, 0) is 24.1 Å². The quantitative estimate of drug-likeness (QED) is 0.875. The lowest BCUT2D eigenvalue weighted by Gasteiger charge is -2.13. The molecule has 1 aromatic carbocycles. The molecule has 2 N–H and O–H groups in total. The van der Waals surface area contributed by atoms with E-state index in [1.54, 1.807) is 17.5 Å². The van der Waals surface area contributed by atoms with Gasteiger partial charge < -0.3 is 10.4 Å². The molecule has 122 valence electrons. The van der Waals surface area contributed by atoms with E-state index in [-0.39, 0.29) is 17.7 Å². The van der Waals surface area contributed by atoms with E-state index in [0.29, 0.717) is 17.8 Å². The second-order valence-corrected chi connectivity index (χ2v) is 7.19. The lowest BCUT2D eigenvalue weighted by atomic mass is 9.98. The third kappa shape index (κ3) is 4.89. The van der Waals surface area contributed by atoms with Crippen LogP contribution in [0.4, 0.5) is 5.69 Å². The fourth-order valence-corrected chi connectivity index (χ4v) is 2.81. The van der Waals surface area contributed by atoms with Crippen molar-refractivity contribution in [2.45, 2.75) is 39.0 Å². The average Bonchev–Trinajstić information content (AvgIpc) is 2.96. The Hall–Kier alpha value is -2.21. The molecule has 0 aliphatic heterocycles. The Bertz CT molecular complexity index is 699.